The van der Waals surface area contributed by atoms with E-state index in [-0.39, 0.29) is 10.7 Å². The molecule has 1 heterocycles. The van der Waals surface area contributed by atoms with E-state index in [1.807, 2.05) is 0 Å². The third-order valence-corrected chi connectivity index (χ3v) is 4.53. The maximum absolute atomic E-state index is 11.0. The number of thiazole rings is 1. The Bertz CT molecular complexity index is 612. The van der Waals surface area contributed by atoms with Gasteiger partial charge in [0, 0.05) is 4.90 Å². The topological polar surface area (TPSA) is 67.3 Å². The second-order valence-electron chi connectivity index (χ2n) is 3.16. The molecular formula is C11H6ClNO3S2. The fourth-order valence-corrected chi connectivity index (χ4v) is 3.53. The van der Waals surface area contributed by atoms with E-state index in [9.17, 15) is 9.59 Å². The van der Waals surface area contributed by atoms with Crippen LogP contribution in [0.5, 0.6) is 0 Å². The minimum absolute atomic E-state index is 0.144. The lowest BCUT2D eigenvalue weighted by atomic mass is 10.2. The SMILES string of the molecule is O=Cc1sc(Sc2ccccc2C(=O)O)nc1Cl. The second kappa shape index (κ2) is 5.51. The normalized spacial score (nSPS) is 10.3. The van der Waals surface area contributed by atoms with Gasteiger partial charge < -0.3 is 5.11 Å². The highest BCUT2D eigenvalue weighted by molar-refractivity contribution is 8.01. The summed E-state index contributed by atoms with van der Waals surface area (Å²) in [5.41, 5.74) is 0.196. The lowest BCUT2D eigenvalue weighted by molar-refractivity contribution is 0.0693. The van der Waals surface area contributed by atoms with Gasteiger partial charge in [0.2, 0.25) is 0 Å². The maximum Gasteiger partial charge on any atom is 0.336 e. The molecule has 2 aromatic rings. The van der Waals surface area contributed by atoms with E-state index in [1.165, 1.54) is 17.8 Å². The number of aromatic nitrogens is 1. The number of hydrogen-bond acceptors (Lipinski definition) is 5. The number of aromatic carboxylic acids is 1. The van der Waals surface area contributed by atoms with E-state index < -0.39 is 5.97 Å². The Morgan fingerprint density at radius 2 is 2.17 bits per heavy atom. The molecule has 0 amide bonds. The Balaban J connectivity index is 2.33. The van der Waals surface area contributed by atoms with E-state index in [2.05, 4.69) is 4.98 Å². The van der Waals surface area contributed by atoms with Crippen molar-refractivity contribution in [3.8, 4) is 0 Å². The predicted molar refractivity (Wildman–Crippen MR) is 70.0 cm³/mol. The smallest absolute Gasteiger partial charge is 0.336 e. The van der Waals surface area contributed by atoms with Crippen LogP contribution in [0.25, 0.3) is 0 Å². The fraction of sp³-hybridized carbons (Fsp3) is 0. The van der Waals surface area contributed by atoms with Crippen LogP contribution < -0.4 is 0 Å². The van der Waals surface area contributed by atoms with Gasteiger partial charge in [-0.1, -0.05) is 35.5 Å². The zero-order chi connectivity index (χ0) is 13.1. The highest BCUT2D eigenvalue weighted by atomic mass is 35.5. The van der Waals surface area contributed by atoms with Crippen LogP contribution in [0, 0.1) is 0 Å². The molecule has 0 aliphatic heterocycles. The highest BCUT2D eigenvalue weighted by Crippen LogP contribution is 2.35. The number of carboxylic acids is 1. The van der Waals surface area contributed by atoms with Crippen LogP contribution in [0.3, 0.4) is 0 Å². The summed E-state index contributed by atoms with van der Waals surface area (Å²) in [6, 6.07) is 6.59. The van der Waals surface area contributed by atoms with Gasteiger partial charge in [-0.3, -0.25) is 4.79 Å². The molecule has 0 spiro atoms. The first-order valence-electron chi connectivity index (χ1n) is 4.73. The molecule has 0 aliphatic rings. The number of aldehydes is 1. The summed E-state index contributed by atoms with van der Waals surface area (Å²) in [6.45, 7) is 0. The van der Waals surface area contributed by atoms with E-state index >= 15 is 0 Å². The summed E-state index contributed by atoms with van der Waals surface area (Å²) in [5, 5.41) is 9.18. The molecule has 0 aliphatic carbocycles. The minimum atomic E-state index is -1.00. The molecule has 0 radical (unpaired) electrons. The first-order valence-corrected chi connectivity index (χ1v) is 6.74. The van der Waals surface area contributed by atoms with Gasteiger partial charge >= 0.3 is 5.97 Å². The van der Waals surface area contributed by atoms with Crippen molar-refractivity contribution in [1.82, 2.24) is 4.98 Å². The monoisotopic (exact) mass is 299 g/mol. The van der Waals surface area contributed by atoms with Gasteiger partial charge in [-0.25, -0.2) is 9.78 Å². The maximum atomic E-state index is 11.0. The average Bonchev–Trinajstić information content (AvgIpc) is 2.70. The first kappa shape index (κ1) is 13.1. The summed E-state index contributed by atoms with van der Waals surface area (Å²) < 4.78 is 0.538. The van der Waals surface area contributed by atoms with Crippen LogP contribution in [-0.4, -0.2) is 22.3 Å². The van der Waals surface area contributed by atoms with Gasteiger partial charge in [-0.05, 0) is 12.1 Å². The van der Waals surface area contributed by atoms with E-state index in [0.29, 0.717) is 20.4 Å². The number of halogens is 1. The van der Waals surface area contributed by atoms with Gasteiger partial charge in [-0.15, -0.1) is 11.3 Å². The molecule has 18 heavy (non-hydrogen) atoms. The molecule has 1 aromatic carbocycles. The van der Waals surface area contributed by atoms with Crippen LogP contribution >= 0.6 is 34.7 Å². The largest absolute Gasteiger partial charge is 0.478 e. The molecule has 0 fully saturated rings. The van der Waals surface area contributed by atoms with E-state index in [4.69, 9.17) is 16.7 Å². The van der Waals surface area contributed by atoms with Crippen molar-refractivity contribution in [3.63, 3.8) is 0 Å². The molecule has 0 saturated heterocycles. The van der Waals surface area contributed by atoms with Gasteiger partial charge in [0.15, 0.2) is 15.8 Å². The summed E-state index contributed by atoms with van der Waals surface area (Å²) in [7, 11) is 0. The Morgan fingerprint density at radius 3 is 2.78 bits per heavy atom. The molecule has 1 aromatic heterocycles. The first-order chi connectivity index (χ1) is 8.61. The summed E-state index contributed by atoms with van der Waals surface area (Å²) in [4.78, 5) is 26.6. The summed E-state index contributed by atoms with van der Waals surface area (Å²) in [5.74, 6) is -1.00. The third-order valence-electron chi connectivity index (χ3n) is 2.01. The summed E-state index contributed by atoms with van der Waals surface area (Å²) >= 11 is 8.06. The van der Waals surface area contributed by atoms with Gasteiger partial charge in [0.25, 0.3) is 0 Å². The lowest BCUT2D eigenvalue weighted by Gasteiger charge is -2.02. The van der Waals surface area contributed by atoms with Crippen molar-refractivity contribution in [2.75, 3.05) is 0 Å². The Kier molecular flexibility index (Phi) is 4.00. The number of benzene rings is 1. The molecule has 0 bridgehead atoms. The van der Waals surface area contributed by atoms with Crippen molar-refractivity contribution in [3.05, 3.63) is 39.9 Å². The molecule has 0 atom stereocenters. The van der Waals surface area contributed by atoms with Crippen molar-refractivity contribution in [2.45, 2.75) is 9.24 Å². The van der Waals surface area contributed by atoms with Gasteiger partial charge in [0.1, 0.15) is 4.88 Å². The standard InChI is InChI=1S/C11H6ClNO3S2/c12-9-8(5-14)18-11(13-9)17-7-4-2-1-3-6(7)10(15)16/h1-5H,(H,15,16). The fourth-order valence-electron chi connectivity index (χ4n) is 1.24. The zero-order valence-electron chi connectivity index (χ0n) is 8.79. The van der Waals surface area contributed by atoms with E-state index in [1.54, 1.807) is 18.2 Å². The van der Waals surface area contributed by atoms with Crippen LogP contribution in [0.2, 0.25) is 5.15 Å². The molecule has 1 N–H and O–H groups in total. The number of carboxylic acid groups (broad SMARTS) is 1. The van der Waals surface area contributed by atoms with Crippen molar-refractivity contribution in [2.24, 2.45) is 0 Å². The number of rotatable bonds is 4. The Hall–Kier alpha value is -1.37. The number of carbonyl (C=O) groups is 2. The van der Waals surface area contributed by atoms with Gasteiger partial charge in [0.05, 0.1) is 5.56 Å². The van der Waals surface area contributed by atoms with Crippen molar-refractivity contribution < 1.29 is 14.7 Å². The average molecular weight is 300 g/mol. The zero-order valence-corrected chi connectivity index (χ0v) is 11.2. The minimum Gasteiger partial charge on any atom is -0.478 e. The van der Waals surface area contributed by atoms with Crippen LogP contribution in [-0.2, 0) is 0 Å². The van der Waals surface area contributed by atoms with Crippen molar-refractivity contribution >= 4 is 47.0 Å². The lowest BCUT2D eigenvalue weighted by Crippen LogP contribution is -1.97. The number of hydrogen-bond donors (Lipinski definition) is 1. The van der Waals surface area contributed by atoms with Crippen LogP contribution in [0.4, 0.5) is 0 Å². The molecular weight excluding hydrogens is 294 g/mol. The van der Waals surface area contributed by atoms with Crippen molar-refractivity contribution in [1.29, 1.82) is 0 Å². The molecule has 4 nitrogen and oxygen atoms in total. The number of nitrogens with zero attached hydrogens (tertiary/aromatic N) is 1. The van der Waals surface area contributed by atoms with Crippen LogP contribution in [0.1, 0.15) is 20.0 Å². The molecule has 0 unspecified atom stereocenters. The van der Waals surface area contributed by atoms with Gasteiger partial charge in [-0.2, -0.15) is 0 Å². The molecule has 0 saturated carbocycles. The Labute approximate surface area is 116 Å². The number of carbonyl (C=O) groups excluding carboxylic acids is 1. The summed E-state index contributed by atoms with van der Waals surface area (Å²) in [6.07, 6.45) is 0.632. The second-order valence-corrected chi connectivity index (χ2v) is 5.83. The Morgan fingerprint density at radius 1 is 1.44 bits per heavy atom. The third kappa shape index (κ3) is 2.72. The molecule has 2 rings (SSSR count). The van der Waals surface area contributed by atoms with Crippen LogP contribution in [0.15, 0.2) is 33.5 Å². The quantitative estimate of drug-likeness (QED) is 0.876. The van der Waals surface area contributed by atoms with E-state index in [0.717, 1.165) is 11.3 Å². The molecule has 92 valence electrons. The highest BCUT2D eigenvalue weighted by Gasteiger charge is 2.14. The predicted octanol–water partition coefficient (Wildman–Crippen LogP) is 3.46. The molecule has 7 heteroatoms.